The first kappa shape index (κ1) is 20.1. The highest BCUT2D eigenvalue weighted by Crippen LogP contribution is 2.30. The van der Waals surface area contributed by atoms with E-state index in [4.69, 9.17) is 4.74 Å². The predicted molar refractivity (Wildman–Crippen MR) is 123 cm³/mol. The molecule has 1 aromatic heterocycles. The Labute approximate surface area is 186 Å². The Bertz CT molecular complexity index is 1180. The zero-order chi connectivity index (χ0) is 21.9. The minimum Gasteiger partial charge on any atom is -0.492 e. The van der Waals surface area contributed by atoms with E-state index in [-0.39, 0.29) is 11.8 Å². The van der Waals surface area contributed by atoms with Crippen LogP contribution in [0.4, 0.5) is 17.2 Å². The van der Waals surface area contributed by atoms with Crippen molar-refractivity contribution in [3.05, 3.63) is 77.5 Å². The molecule has 0 spiro atoms. The number of carbonyl (C=O) groups excluding carboxylic acids is 2. The van der Waals surface area contributed by atoms with Gasteiger partial charge in [0.1, 0.15) is 18.2 Å². The summed E-state index contributed by atoms with van der Waals surface area (Å²) in [6.45, 7) is 1.60. The first-order valence-electron chi connectivity index (χ1n) is 10.8. The summed E-state index contributed by atoms with van der Waals surface area (Å²) < 4.78 is 5.87. The second-order valence-electron chi connectivity index (χ2n) is 7.88. The van der Waals surface area contributed by atoms with Crippen LogP contribution in [0, 0.1) is 0 Å². The van der Waals surface area contributed by atoms with Crippen LogP contribution >= 0.6 is 0 Å². The molecule has 2 amide bonds. The van der Waals surface area contributed by atoms with Gasteiger partial charge in [0.2, 0.25) is 5.91 Å². The van der Waals surface area contributed by atoms with Crippen LogP contribution in [-0.2, 0) is 17.6 Å². The van der Waals surface area contributed by atoms with E-state index in [2.05, 4.69) is 21.7 Å². The van der Waals surface area contributed by atoms with Gasteiger partial charge in [0.25, 0.3) is 5.91 Å². The Kier molecular flexibility index (Phi) is 5.46. The number of pyridine rings is 1. The minimum atomic E-state index is -0.0526. The zero-order valence-electron chi connectivity index (χ0n) is 17.6. The van der Waals surface area contributed by atoms with Crippen LogP contribution < -0.4 is 20.3 Å². The molecule has 32 heavy (non-hydrogen) atoms. The third kappa shape index (κ3) is 4.01. The molecular weight excluding hydrogens is 404 g/mol. The minimum absolute atomic E-state index is 0.0495. The van der Waals surface area contributed by atoms with Crippen molar-refractivity contribution in [1.29, 1.82) is 0 Å². The predicted octanol–water partition coefficient (Wildman–Crippen LogP) is 3.66. The molecule has 7 heteroatoms. The fourth-order valence-corrected chi connectivity index (χ4v) is 4.20. The molecule has 2 N–H and O–H groups in total. The summed E-state index contributed by atoms with van der Waals surface area (Å²) in [5.41, 5.74) is 4.65. The highest BCUT2D eigenvalue weighted by atomic mass is 16.5. The van der Waals surface area contributed by atoms with Crippen molar-refractivity contribution in [2.24, 2.45) is 0 Å². The molecule has 7 nitrogen and oxygen atoms in total. The van der Waals surface area contributed by atoms with Crippen LogP contribution in [-0.4, -0.2) is 36.5 Å². The maximum atomic E-state index is 13.2. The third-order valence-corrected chi connectivity index (χ3v) is 5.81. The van der Waals surface area contributed by atoms with Crippen molar-refractivity contribution >= 4 is 29.0 Å². The SMILES string of the molecule is O=C1CCc2cc(OCCNc3ncccc3C(=O)N3CCc4ccccc43)ccc2N1. The molecule has 2 aliphatic heterocycles. The number of hydrogen-bond donors (Lipinski definition) is 2. The number of aromatic nitrogens is 1. The number of nitrogens with zero attached hydrogens (tertiary/aromatic N) is 2. The number of ether oxygens (including phenoxy) is 1. The standard InChI is InChI=1S/C25H24N4O3/c30-23-10-7-18-16-19(8-9-21(18)28-23)32-15-13-27-24-20(5-3-12-26-24)25(31)29-14-11-17-4-1-2-6-22(17)29/h1-6,8-9,12,16H,7,10-11,13-15H2,(H,26,27)(H,28,30). The van der Waals surface area contributed by atoms with Crippen molar-refractivity contribution in [1.82, 2.24) is 4.98 Å². The number of amides is 2. The molecule has 0 aliphatic carbocycles. The van der Waals surface area contributed by atoms with Gasteiger partial charge in [0, 0.05) is 30.5 Å². The van der Waals surface area contributed by atoms with E-state index >= 15 is 0 Å². The van der Waals surface area contributed by atoms with Gasteiger partial charge in [-0.05, 0) is 60.4 Å². The number of rotatable bonds is 6. The Morgan fingerprint density at radius 1 is 1.06 bits per heavy atom. The van der Waals surface area contributed by atoms with Crippen LogP contribution in [0.25, 0.3) is 0 Å². The molecule has 3 heterocycles. The number of aryl methyl sites for hydroxylation is 1. The normalized spacial score (nSPS) is 14.4. The van der Waals surface area contributed by atoms with Gasteiger partial charge in [0.15, 0.2) is 0 Å². The molecule has 2 aromatic carbocycles. The molecular formula is C25H24N4O3. The molecule has 0 saturated heterocycles. The molecule has 0 fully saturated rings. The zero-order valence-corrected chi connectivity index (χ0v) is 17.6. The fraction of sp³-hybridized carbons (Fsp3) is 0.240. The lowest BCUT2D eigenvalue weighted by atomic mass is 10.0. The lowest BCUT2D eigenvalue weighted by Gasteiger charge is -2.19. The van der Waals surface area contributed by atoms with Gasteiger partial charge in [-0.1, -0.05) is 18.2 Å². The van der Waals surface area contributed by atoms with Gasteiger partial charge < -0.3 is 20.3 Å². The first-order valence-corrected chi connectivity index (χ1v) is 10.8. The van der Waals surface area contributed by atoms with Gasteiger partial charge >= 0.3 is 0 Å². The van der Waals surface area contributed by atoms with E-state index in [9.17, 15) is 9.59 Å². The summed E-state index contributed by atoms with van der Waals surface area (Å²) in [4.78, 5) is 30.9. The number of hydrogen-bond acceptors (Lipinski definition) is 5. The van der Waals surface area contributed by atoms with Gasteiger partial charge in [-0.2, -0.15) is 0 Å². The Morgan fingerprint density at radius 2 is 1.97 bits per heavy atom. The molecule has 0 bridgehead atoms. The monoisotopic (exact) mass is 428 g/mol. The first-order chi connectivity index (χ1) is 15.7. The number of anilines is 3. The van der Waals surface area contributed by atoms with Crippen molar-refractivity contribution in [2.75, 3.05) is 35.2 Å². The van der Waals surface area contributed by atoms with E-state index in [1.54, 1.807) is 18.3 Å². The average Bonchev–Trinajstić information content (AvgIpc) is 3.26. The maximum Gasteiger partial charge on any atom is 0.262 e. The van der Waals surface area contributed by atoms with E-state index in [1.807, 2.05) is 41.3 Å². The molecule has 0 atom stereocenters. The largest absolute Gasteiger partial charge is 0.492 e. The van der Waals surface area contributed by atoms with Gasteiger partial charge in [-0.15, -0.1) is 0 Å². The summed E-state index contributed by atoms with van der Waals surface area (Å²) in [6.07, 6.45) is 3.75. The highest BCUT2D eigenvalue weighted by Gasteiger charge is 2.27. The molecule has 0 radical (unpaired) electrons. The molecule has 3 aromatic rings. The Morgan fingerprint density at radius 3 is 2.91 bits per heavy atom. The van der Waals surface area contributed by atoms with Crippen LogP contribution in [0.2, 0.25) is 0 Å². The Hall–Kier alpha value is -3.87. The summed E-state index contributed by atoms with van der Waals surface area (Å²) >= 11 is 0. The Balaban J connectivity index is 1.21. The average molecular weight is 428 g/mol. The van der Waals surface area contributed by atoms with Crippen LogP contribution in [0.5, 0.6) is 5.75 Å². The second kappa shape index (κ2) is 8.70. The number of benzene rings is 2. The lowest BCUT2D eigenvalue weighted by molar-refractivity contribution is -0.116. The van der Waals surface area contributed by atoms with Crippen molar-refractivity contribution in [2.45, 2.75) is 19.3 Å². The van der Waals surface area contributed by atoms with Crippen LogP contribution in [0.1, 0.15) is 27.9 Å². The third-order valence-electron chi connectivity index (χ3n) is 5.81. The number of nitrogens with one attached hydrogen (secondary N) is 2. The van der Waals surface area contributed by atoms with Gasteiger partial charge in [-0.25, -0.2) is 4.98 Å². The topological polar surface area (TPSA) is 83.6 Å². The maximum absolute atomic E-state index is 13.2. The number of fused-ring (bicyclic) bond motifs is 2. The van der Waals surface area contributed by atoms with Crippen LogP contribution in [0.15, 0.2) is 60.8 Å². The van der Waals surface area contributed by atoms with Crippen molar-refractivity contribution in [3.63, 3.8) is 0 Å². The van der Waals surface area contributed by atoms with Crippen LogP contribution in [0.3, 0.4) is 0 Å². The molecule has 162 valence electrons. The van der Waals surface area contributed by atoms with Gasteiger partial charge in [0.05, 0.1) is 12.1 Å². The van der Waals surface area contributed by atoms with E-state index in [0.717, 1.165) is 35.5 Å². The summed E-state index contributed by atoms with van der Waals surface area (Å²) in [7, 11) is 0. The smallest absolute Gasteiger partial charge is 0.262 e. The van der Waals surface area contributed by atoms with Crippen molar-refractivity contribution < 1.29 is 14.3 Å². The van der Waals surface area contributed by atoms with E-state index in [1.165, 1.54) is 5.56 Å². The van der Waals surface area contributed by atoms with Gasteiger partial charge in [-0.3, -0.25) is 9.59 Å². The summed E-state index contributed by atoms with van der Waals surface area (Å²) in [5, 5.41) is 6.11. The number of carbonyl (C=O) groups is 2. The molecule has 0 unspecified atom stereocenters. The molecule has 0 saturated carbocycles. The summed E-state index contributed by atoms with van der Waals surface area (Å²) in [6, 6.07) is 17.3. The molecule has 5 rings (SSSR count). The van der Waals surface area contributed by atoms with E-state index in [0.29, 0.717) is 37.5 Å². The second-order valence-corrected chi connectivity index (χ2v) is 7.88. The van der Waals surface area contributed by atoms with Crippen molar-refractivity contribution in [3.8, 4) is 5.75 Å². The fourth-order valence-electron chi connectivity index (χ4n) is 4.20. The highest BCUT2D eigenvalue weighted by molar-refractivity contribution is 6.10. The van der Waals surface area contributed by atoms with E-state index < -0.39 is 0 Å². The lowest BCUT2D eigenvalue weighted by Crippen LogP contribution is -2.30. The quantitative estimate of drug-likeness (QED) is 0.586. The molecule has 2 aliphatic rings. The summed E-state index contributed by atoms with van der Waals surface area (Å²) in [5.74, 6) is 1.31. The number of para-hydroxylation sites is 1.